The summed E-state index contributed by atoms with van der Waals surface area (Å²) in [4.78, 5) is 2.12. The van der Waals surface area contributed by atoms with Crippen LogP contribution in [0.1, 0.15) is 5.56 Å². The van der Waals surface area contributed by atoms with Gasteiger partial charge in [-0.1, -0.05) is 12.1 Å². The quantitative estimate of drug-likeness (QED) is 0.833. The van der Waals surface area contributed by atoms with Gasteiger partial charge in [0.05, 0.1) is 25.9 Å². The van der Waals surface area contributed by atoms with E-state index in [1.54, 1.807) is 6.07 Å². The molecule has 4 heteroatoms. The Bertz CT molecular complexity index is 346. The molecule has 0 saturated carbocycles. The zero-order chi connectivity index (χ0) is 11.4. The molecule has 2 rings (SSSR count). The minimum absolute atomic E-state index is 0.0250. The Morgan fingerprint density at radius 3 is 3.12 bits per heavy atom. The van der Waals surface area contributed by atoms with Crippen molar-refractivity contribution >= 4 is 0 Å². The molecule has 0 aliphatic carbocycles. The molecule has 1 fully saturated rings. The number of hydrogen-bond acceptors (Lipinski definition) is 3. The van der Waals surface area contributed by atoms with E-state index < -0.39 is 0 Å². The Morgan fingerprint density at radius 2 is 2.38 bits per heavy atom. The number of morpholine rings is 1. The maximum Gasteiger partial charge on any atom is 0.123 e. The first-order valence-corrected chi connectivity index (χ1v) is 5.46. The normalized spacial score (nSPS) is 22.2. The van der Waals surface area contributed by atoms with Crippen LogP contribution in [0.3, 0.4) is 0 Å². The molecular weight excluding hydrogens is 209 g/mol. The summed E-state index contributed by atoms with van der Waals surface area (Å²) < 4.78 is 18.3. The lowest BCUT2D eigenvalue weighted by Crippen LogP contribution is -2.46. The molecule has 0 bridgehead atoms. The first kappa shape index (κ1) is 11.5. The molecule has 0 spiro atoms. The van der Waals surface area contributed by atoms with Crippen LogP contribution in [0, 0.1) is 5.82 Å². The summed E-state index contributed by atoms with van der Waals surface area (Å²) in [6.07, 6.45) is 0. The van der Waals surface area contributed by atoms with Crippen molar-refractivity contribution < 1.29 is 14.2 Å². The fraction of sp³-hybridized carbons (Fsp3) is 0.500. The Hall–Kier alpha value is -0.970. The molecule has 1 unspecified atom stereocenters. The van der Waals surface area contributed by atoms with Gasteiger partial charge in [0.25, 0.3) is 0 Å². The number of nitrogens with zero attached hydrogens (tertiary/aromatic N) is 1. The van der Waals surface area contributed by atoms with Crippen LogP contribution in [0.5, 0.6) is 0 Å². The average Bonchev–Trinajstić information content (AvgIpc) is 2.30. The van der Waals surface area contributed by atoms with Gasteiger partial charge < -0.3 is 9.84 Å². The SMILES string of the molecule is OCC1COCCN1Cc1cccc(F)c1. The van der Waals surface area contributed by atoms with Gasteiger partial charge in [-0.15, -0.1) is 0 Å². The summed E-state index contributed by atoms with van der Waals surface area (Å²) in [6, 6.07) is 6.60. The van der Waals surface area contributed by atoms with Gasteiger partial charge in [-0.2, -0.15) is 0 Å². The van der Waals surface area contributed by atoms with E-state index in [2.05, 4.69) is 4.90 Å². The molecule has 16 heavy (non-hydrogen) atoms. The number of benzene rings is 1. The molecule has 1 aliphatic heterocycles. The molecule has 0 radical (unpaired) electrons. The van der Waals surface area contributed by atoms with Crippen LogP contribution in [-0.4, -0.2) is 42.4 Å². The number of aliphatic hydroxyl groups is 1. The van der Waals surface area contributed by atoms with Gasteiger partial charge in [0.2, 0.25) is 0 Å². The fourth-order valence-electron chi connectivity index (χ4n) is 1.94. The van der Waals surface area contributed by atoms with Crippen molar-refractivity contribution in [2.75, 3.05) is 26.4 Å². The van der Waals surface area contributed by atoms with Gasteiger partial charge in [0, 0.05) is 13.1 Å². The highest BCUT2D eigenvalue weighted by atomic mass is 19.1. The van der Waals surface area contributed by atoms with Crippen LogP contribution >= 0.6 is 0 Å². The number of halogens is 1. The largest absolute Gasteiger partial charge is 0.395 e. The van der Waals surface area contributed by atoms with E-state index in [0.29, 0.717) is 19.8 Å². The maximum atomic E-state index is 13.0. The van der Waals surface area contributed by atoms with Gasteiger partial charge in [0.15, 0.2) is 0 Å². The topological polar surface area (TPSA) is 32.7 Å². The average molecular weight is 225 g/mol. The highest BCUT2D eigenvalue weighted by Gasteiger charge is 2.22. The summed E-state index contributed by atoms with van der Waals surface area (Å²) in [6.45, 7) is 2.74. The second kappa shape index (κ2) is 5.39. The molecule has 1 aromatic rings. The Kier molecular flexibility index (Phi) is 3.88. The minimum atomic E-state index is -0.216. The van der Waals surface area contributed by atoms with Crippen LogP contribution in [0.15, 0.2) is 24.3 Å². The summed E-state index contributed by atoms with van der Waals surface area (Å²) >= 11 is 0. The predicted molar refractivity (Wildman–Crippen MR) is 58.5 cm³/mol. The molecule has 1 aliphatic rings. The third-order valence-electron chi connectivity index (χ3n) is 2.83. The Balaban J connectivity index is 2.02. The van der Waals surface area contributed by atoms with E-state index in [0.717, 1.165) is 12.1 Å². The van der Waals surface area contributed by atoms with E-state index in [9.17, 15) is 9.50 Å². The molecule has 1 N–H and O–H groups in total. The van der Waals surface area contributed by atoms with E-state index in [-0.39, 0.29) is 18.5 Å². The van der Waals surface area contributed by atoms with E-state index in [1.165, 1.54) is 12.1 Å². The molecule has 3 nitrogen and oxygen atoms in total. The highest BCUT2D eigenvalue weighted by molar-refractivity contribution is 5.16. The van der Waals surface area contributed by atoms with Gasteiger partial charge >= 0.3 is 0 Å². The summed E-state index contributed by atoms with van der Waals surface area (Å²) in [5, 5.41) is 9.20. The van der Waals surface area contributed by atoms with Crippen molar-refractivity contribution in [2.45, 2.75) is 12.6 Å². The molecular formula is C12H16FNO2. The number of aliphatic hydroxyl groups excluding tert-OH is 1. The zero-order valence-electron chi connectivity index (χ0n) is 9.10. The van der Waals surface area contributed by atoms with Crippen LogP contribution < -0.4 is 0 Å². The second-order valence-corrected chi connectivity index (χ2v) is 4.01. The highest BCUT2D eigenvalue weighted by Crippen LogP contribution is 2.12. The number of ether oxygens (including phenoxy) is 1. The Labute approximate surface area is 94.4 Å². The number of hydrogen-bond donors (Lipinski definition) is 1. The van der Waals surface area contributed by atoms with E-state index in [4.69, 9.17) is 4.74 Å². The van der Waals surface area contributed by atoms with E-state index >= 15 is 0 Å². The third kappa shape index (κ3) is 2.78. The molecule has 0 amide bonds. The minimum Gasteiger partial charge on any atom is -0.395 e. The molecule has 0 aromatic heterocycles. The summed E-state index contributed by atoms with van der Waals surface area (Å²) in [7, 11) is 0. The first-order valence-electron chi connectivity index (χ1n) is 5.46. The van der Waals surface area contributed by atoms with Gasteiger partial charge in [-0.25, -0.2) is 4.39 Å². The van der Waals surface area contributed by atoms with E-state index in [1.807, 2.05) is 6.07 Å². The monoisotopic (exact) mass is 225 g/mol. The lowest BCUT2D eigenvalue weighted by Gasteiger charge is -2.34. The Morgan fingerprint density at radius 1 is 1.50 bits per heavy atom. The second-order valence-electron chi connectivity index (χ2n) is 4.01. The number of rotatable bonds is 3. The van der Waals surface area contributed by atoms with Gasteiger partial charge in [-0.05, 0) is 17.7 Å². The zero-order valence-corrected chi connectivity index (χ0v) is 9.10. The van der Waals surface area contributed by atoms with Crippen LogP contribution in [0.2, 0.25) is 0 Å². The van der Waals surface area contributed by atoms with Crippen LogP contribution in [-0.2, 0) is 11.3 Å². The molecule has 1 heterocycles. The van der Waals surface area contributed by atoms with Crippen molar-refractivity contribution in [3.8, 4) is 0 Å². The van der Waals surface area contributed by atoms with Gasteiger partial charge in [-0.3, -0.25) is 4.90 Å². The third-order valence-corrected chi connectivity index (χ3v) is 2.83. The molecule has 88 valence electrons. The fourth-order valence-corrected chi connectivity index (χ4v) is 1.94. The summed E-state index contributed by atoms with van der Waals surface area (Å²) in [5.74, 6) is -0.216. The predicted octanol–water partition coefficient (Wildman–Crippen LogP) is 1.02. The van der Waals surface area contributed by atoms with Crippen molar-refractivity contribution in [1.82, 2.24) is 4.90 Å². The van der Waals surface area contributed by atoms with Gasteiger partial charge in [0.1, 0.15) is 5.82 Å². The lowest BCUT2D eigenvalue weighted by atomic mass is 10.1. The first-order chi connectivity index (χ1) is 7.79. The molecule has 1 aromatic carbocycles. The van der Waals surface area contributed by atoms with Crippen LogP contribution in [0.25, 0.3) is 0 Å². The smallest absolute Gasteiger partial charge is 0.123 e. The van der Waals surface area contributed by atoms with Crippen LogP contribution in [0.4, 0.5) is 4.39 Å². The van der Waals surface area contributed by atoms with Crippen molar-refractivity contribution in [1.29, 1.82) is 0 Å². The standard InChI is InChI=1S/C12H16FNO2/c13-11-3-1-2-10(6-11)7-14-4-5-16-9-12(14)8-15/h1-3,6,12,15H,4-5,7-9H2. The lowest BCUT2D eigenvalue weighted by molar-refractivity contribution is -0.0312. The van der Waals surface area contributed by atoms with Crippen molar-refractivity contribution in [2.24, 2.45) is 0 Å². The van der Waals surface area contributed by atoms with Crippen molar-refractivity contribution in [3.05, 3.63) is 35.6 Å². The maximum absolute atomic E-state index is 13.0. The molecule has 1 saturated heterocycles. The molecule has 1 atom stereocenters. The summed E-state index contributed by atoms with van der Waals surface area (Å²) in [5.41, 5.74) is 0.931. The van der Waals surface area contributed by atoms with Crippen molar-refractivity contribution in [3.63, 3.8) is 0 Å².